The molecule has 0 fully saturated rings. The van der Waals surface area contributed by atoms with Gasteiger partial charge in [-0.1, -0.05) is 29.4 Å². The van der Waals surface area contributed by atoms with Crippen LogP contribution in [0.25, 0.3) is 11.3 Å². The van der Waals surface area contributed by atoms with Gasteiger partial charge in [0.25, 0.3) is 0 Å². The molecule has 0 unspecified atom stereocenters. The second-order valence-electron chi connectivity index (χ2n) is 6.20. The highest BCUT2D eigenvalue weighted by Crippen LogP contribution is 2.28. The fraction of sp³-hybridized carbons (Fsp3) is 0.0476. The number of pyridine rings is 1. The molecule has 6 nitrogen and oxygen atoms in total. The smallest absolute Gasteiger partial charge is 0.170 e. The van der Waals surface area contributed by atoms with Gasteiger partial charge in [0.2, 0.25) is 0 Å². The normalized spacial score (nSPS) is 10.8. The van der Waals surface area contributed by atoms with Gasteiger partial charge in [0.1, 0.15) is 17.4 Å². The number of nitrogens with zero attached hydrogens (tertiary/aromatic N) is 2. The first-order valence-electron chi connectivity index (χ1n) is 8.58. The Morgan fingerprint density at radius 3 is 2.50 bits per heavy atom. The zero-order valence-corrected chi connectivity index (χ0v) is 14.8. The van der Waals surface area contributed by atoms with Gasteiger partial charge >= 0.3 is 0 Å². The molecule has 0 bridgehead atoms. The molecule has 4 aromatic rings. The van der Waals surface area contributed by atoms with Gasteiger partial charge in [0.05, 0.1) is 11.3 Å². The Labute approximate surface area is 160 Å². The zero-order chi connectivity index (χ0) is 19.5. The van der Waals surface area contributed by atoms with Crippen LogP contribution in [0.3, 0.4) is 0 Å². The second-order valence-corrected chi connectivity index (χ2v) is 6.20. The molecule has 0 aliphatic carbocycles. The van der Waals surface area contributed by atoms with E-state index in [1.807, 2.05) is 18.2 Å². The monoisotopic (exact) mass is 376 g/mol. The molecule has 140 valence electrons. The molecule has 0 amide bonds. The highest BCUT2D eigenvalue weighted by molar-refractivity contribution is 5.71. The van der Waals surface area contributed by atoms with Crippen molar-refractivity contribution in [2.75, 3.05) is 11.5 Å². The third-order valence-electron chi connectivity index (χ3n) is 4.14. The average molecular weight is 376 g/mol. The van der Waals surface area contributed by atoms with Crippen LogP contribution in [0.1, 0.15) is 11.3 Å². The van der Waals surface area contributed by atoms with Crippen LogP contribution >= 0.6 is 0 Å². The maximum atomic E-state index is 13.7. The van der Waals surface area contributed by atoms with E-state index in [1.165, 1.54) is 6.07 Å². The Morgan fingerprint density at radius 1 is 0.964 bits per heavy atom. The molecule has 0 aliphatic heterocycles. The summed E-state index contributed by atoms with van der Waals surface area (Å²) in [5, 5.41) is 4.08. The highest BCUT2D eigenvalue weighted by Gasteiger charge is 2.12. The van der Waals surface area contributed by atoms with E-state index in [1.54, 1.807) is 42.5 Å². The first-order valence-corrected chi connectivity index (χ1v) is 8.58. The molecule has 0 radical (unpaired) electrons. The third kappa shape index (κ3) is 3.78. The minimum atomic E-state index is -0.405. The van der Waals surface area contributed by atoms with Crippen LogP contribution in [0.4, 0.5) is 16.0 Å². The highest BCUT2D eigenvalue weighted by atomic mass is 19.1. The van der Waals surface area contributed by atoms with Crippen LogP contribution < -0.4 is 16.2 Å². The van der Waals surface area contributed by atoms with Gasteiger partial charge < -0.3 is 20.7 Å². The molecule has 0 saturated heterocycles. The Hall–Kier alpha value is -3.87. The van der Waals surface area contributed by atoms with Crippen molar-refractivity contribution in [2.24, 2.45) is 0 Å². The predicted octanol–water partition coefficient (Wildman–Crippen LogP) is 4.42. The summed E-state index contributed by atoms with van der Waals surface area (Å²) in [6.45, 7) is 0. The van der Waals surface area contributed by atoms with Crippen LogP contribution in [0, 0.1) is 5.82 Å². The number of anilines is 2. The van der Waals surface area contributed by atoms with E-state index in [2.05, 4.69) is 10.1 Å². The number of nitrogens with two attached hydrogens (primary N) is 2. The van der Waals surface area contributed by atoms with E-state index < -0.39 is 5.82 Å². The van der Waals surface area contributed by atoms with Gasteiger partial charge in [-0.25, -0.2) is 9.37 Å². The number of hydrogen-bond donors (Lipinski definition) is 2. The lowest BCUT2D eigenvalue weighted by Gasteiger charge is -2.07. The van der Waals surface area contributed by atoms with Gasteiger partial charge in [0, 0.05) is 12.5 Å². The fourth-order valence-corrected chi connectivity index (χ4v) is 2.76. The summed E-state index contributed by atoms with van der Waals surface area (Å²) < 4.78 is 24.6. The van der Waals surface area contributed by atoms with E-state index in [0.717, 1.165) is 11.3 Å². The molecule has 2 heterocycles. The van der Waals surface area contributed by atoms with E-state index in [-0.39, 0.29) is 11.6 Å². The molecule has 2 aromatic carbocycles. The Bertz CT molecular complexity index is 1110. The van der Waals surface area contributed by atoms with Crippen molar-refractivity contribution in [2.45, 2.75) is 6.42 Å². The number of benzene rings is 2. The molecule has 4 N–H and O–H groups in total. The van der Waals surface area contributed by atoms with Gasteiger partial charge in [-0.15, -0.1) is 0 Å². The van der Waals surface area contributed by atoms with E-state index >= 15 is 0 Å². The van der Waals surface area contributed by atoms with Gasteiger partial charge in [-0.2, -0.15) is 0 Å². The van der Waals surface area contributed by atoms with Crippen LogP contribution in [-0.2, 0) is 6.42 Å². The number of rotatable bonds is 5. The van der Waals surface area contributed by atoms with Gasteiger partial charge in [-0.05, 0) is 42.0 Å². The van der Waals surface area contributed by atoms with Crippen molar-refractivity contribution in [3.05, 3.63) is 83.8 Å². The van der Waals surface area contributed by atoms with E-state index in [4.69, 9.17) is 20.7 Å². The lowest BCUT2D eigenvalue weighted by atomic mass is 10.1. The summed E-state index contributed by atoms with van der Waals surface area (Å²) in [7, 11) is 0. The maximum Gasteiger partial charge on any atom is 0.170 e. The molecule has 7 heteroatoms. The van der Waals surface area contributed by atoms with E-state index in [0.29, 0.717) is 29.3 Å². The second kappa shape index (κ2) is 7.40. The van der Waals surface area contributed by atoms with Gasteiger partial charge in [0.15, 0.2) is 17.3 Å². The standard InChI is InChI=1S/C21H17FN4O2/c22-17-3-1-2-4-18(17)27-15-7-5-13(6-8-15)11-14-12-19(28-26-14)16-9-10-20(23)25-21(16)24/h1-10,12H,11H2,(H4,23,24,25). The van der Waals surface area contributed by atoms with Gasteiger partial charge in [-0.3, -0.25) is 0 Å². The minimum absolute atomic E-state index is 0.186. The third-order valence-corrected chi connectivity index (χ3v) is 4.14. The van der Waals surface area contributed by atoms with Crippen molar-refractivity contribution >= 4 is 11.6 Å². The number of nitrogen functional groups attached to an aromatic ring is 2. The number of para-hydroxylation sites is 1. The summed E-state index contributed by atoms with van der Waals surface area (Å²) in [5.74, 6) is 1.50. The topological polar surface area (TPSA) is 100 Å². The molecule has 4 rings (SSSR count). The van der Waals surface area contributed by atoms with E-state index in [9.17, 15) is 4.39 Å². The molecule has 0 saturated carbocycles. The predicted molar refractivity (Wildman–Crippen MR) is 104 cm³/mol. The Balaban J connectivity index is 1.46. The lowest BCUT2D eigenvalue weighted by molar-refractivity contribution is 0.425. The van der Waals surface area contributed by atoms with Crippen LogP contribution in [-0.4, -0.2) is 10.1 Å². The number of hydrogen-bond acceptors (Lipinski definition) is 6. The summed E-state index contributed by atoms with van der Waals surface area (Å²) in [5.41, 5.74) is 13.9. The quantitative estimate of drug-likeness (QED) is 0.535. The molecule has 0 aliphatic rings. The van der Waals surface area contributed by atoms with Crippen molar-refractivity contribution < 1.29 is 13.7 Å². The van der Waals surface area contributed by atoms with Crippen LogP contribution in [0.2, 0.25) is 0 Å². The summed E-state index contributed by atoms with van der Waals surface area (Å²) in [4.78, 5) is 4.02. The average Bonchev–Trinajstić information content (AvgIpc) is 3.13. The van der Waals surface area contributed by atoms with Crippen molar-refractivity contribution in [1.29, 1.82) is 0 Å². The number of ether oxygens (including phenoxy) is 1. The Kier molecular flexibility index (Phi) is 4.63. The van der Waals surface area contributed by atoms with Crippen molar-refractivity contribution in [3.8, 4) is 22.8 Å². The lowest BCUT2D eigenvalue weighted by Crippen LogP contribution is -1.97. The molecule has 28 heavy (non-hydrogen) atoms. The SMILES string of the molecule is Nc1ccc(-c2cc(Cc3ccc(Oc4ccccc4F)cc3)no2)c(N)n1. The zero-order valence-electron chi connectivity index (χ0n) is 14.8. The van der Waals surface area contributed by atoms with Crippen molar-refractivity contribution in [3.63, 3.8) is 0 Å². The van der Waals surface area contributed by atoms with Crippen LogP contribution in [0.15, 0.2) is 71.3 Å². The number of aromatic nitrogens is 2. The van der Waals surface area contributed by atoms with Crippen molar-refractivity contribution in [1.82, 2.24) is 10.1 Å². The van der Waals surface area contributed by atoms with Crippen LogP contribution in [0.5, 0.6) is 11.5 Å². The summed E-state index contributed by atoms with van der Waals surface area (Å²) >= 11 is 0. The molecule has 0 spiro atoms. The minimum Gasteiger partial charge on any atom is -0.454 e. The summed E-state index contributed by atoms with van der Waals surface area (Å²) in [6.07, 6.45) is 0.561. The fourth-order valence-electron chi connectivity index (χ4n) is 2.76. The molecule has 0 atom stereocenters. The number of halogens is 1. The summed E-state index contributed by atoms with van der Waals surface area (Å²) in [6, 6.07) is 18.8. The maximum absolute atomic E-state index is 13.7. The Morgan fingerprint density at radius 2 is 1.75 bits per heavy atom. The first kappa shape index (κ1) is 17.5. The first-order chi connectivity index (χ1) is 13.6. The largest absolute Gasteiger partial charge is 0.454 e. The molecular weight excluding hydrogens is 359 g/mol. The molecular formula is C21H17FN4O2. The molecule has 2 aromatic heterocycles.